The molecule has 4 aromatic rings. The first-order valence-corrected chi connectivity index (χ1v) is 12.3. The van der Waals surface area contributed by atoms with Crippen molar-refractivity contribution in [1.82, 2.24) is 9.88 Å². The fraction of sp³-hybridized carbons (Fsp3) is 0.286. The second-order valence-corrected chi connectivity index (χ2v) is 9.70. The Morgan fingerprint density at radius 1 is 1.06 bits per heavy atom. The maximum absolute atomic E-state index is 12.2. The van der Waals surface area contributed by atoms with Crippen LogP contribution in [0.1, 0.15) is 30.4 Å². The molecule has 33 heavy (non-hydrogen) atoms. The summed E-state index contributed by atoms with van der Waals surface area (Å²) in [5.74, 6) is -0.125. The lowest BCUT2D eigenvalue weighted by atomic mass is 9.97. The Morgan fingerprint density at radius 3 is 2.70 bits per heavy atom. The van der Waals surface area contributed by atoms with Gasteiger partial charge in [-0.25, -0.2) is 4.98 Å². The van der Waals surface area contributed by atoms with Gasteiger partial charge in [0.1, 0.15) is 11.0 Å². The molecule has 1 fully saturated rings. The fourth-order valence-electron chi connectivity index (χ4n) is 4.80. The Morgan fingerprint density at radius 2 is 1.88 bits per heavy atom. The first kappa shape index (κ1) is 21.8. The van der Waals surface area contributed by atoms with Crippen molar-refractivity contribution in [2.24, 2.45) is 0 Å². The highest BCUT2D eigenvalue weighted by molar-refractivity contribution is 7.21. The molecule has 0 saturated carbocycles. The van der Waals surface area contributed by atoms with Gasteiger partial charge in [-0.1, -0.05) is 61.0 Å². The lowest BCUT2D eigenvalue weighted by Crippen LogP contribution is -2.44. The lowest BCUT2D eigenvalue weighted by molar-refractivity contribution is -0.148. The SMILES string of the molecule is COC(=O)[C@@H]1CCCCN1Cc1ccc2sc(-c3cccc(-c4ccccc4)c3C)nc2c1. The Hall–Kier alpha value is -3.02. The van der Waals surface area contributed by atoms with Crippen molar-refractivity contribution in [1.29, 1.82) is 0 Å². The number of ether oxygens (including phenoxy) is 1. The number of aromatic nitrogens is 1. The van der Waals surface area contributed by atoms with Crippen LogP contribution in [0.2, 0.25) is 0 Å². The van der Waals surface area contributed by atoms with Gasteiger partial charge in [0.2, 0.25) is 0 Å². The zero-order chi connectivity index (χ0) is 22.8. The van der Waals surface area contributed by atoms with E-state index in [1.807, 2.05) is 6.07 Å². The molecule has 0 bridgehead atoms. The summed E-state index contributed by atoms with van der Waals surface area (Å²) in [5, 5.41) is 1.04. The average molecular weight is 457 g/mol. The van der Waals surface area contributed by atoms with Gasteiger partial charge in [0.25, 0.3) is 0 Å². The number of methoxy groups -OCH3 is 1. The van der Waals surface area contributed by atoms with Gasteiger partial charge in [0.05, 0.1) is 17.3 Å². The van der Waals surface area contributed by atoms with Gasteiger partial charge in [-0.05, 0) is 60.7 Å². The number of esters is 1. The Balaban J connectivity index is 1.44. The van der Waals surface area contributed by atoms with Crippen LogP contribution in [0.15, 0.2) is 66.7 Å². The van der Waals surface area contributed by atoms with Gasteiger partial charge in [0.15, 0.2) is 0 Å². The molecule has 5 heteroatoms. The van der Waals surface area contributed by atoms with Crippen molar-refractivity contribution in [3.8, 4) is 21.7 Å². The predicted molar refractivity (Wildman–Crippen MR) is 135 cm³/mol. The van der Waals surface area contributed by atoms with E-state index in [-0.39, 0.29) is 12.0 Å². The molecule has 2 heterocycles. The molecule has 1 atom stereocenters. The molecule has 1 aliphatic heterocycles. The summed E-state index contributed by atoms with van der Waals surface area (Å²) < 4.78 is 6.22. The molecule has 1 aromatic heterocycles. The molecule has 3 aromatic carbocycles. The third kappa shape index (κ3) is 4.43. The zero-order valence-corrected chi connectivity index (χ0v) is 19.9. The molecule has 0 amide bonds. The highest BCUT2D eigenvalue weighted by Gasteiger charge is 2.29. The van der Waals surface area contributed by atoms with Crippen LogP contribution >= 0.6 is 11.3 Å². The van der Waals surface area contributed by atoms with E-state index in [9.17, 15) is 4.79 Å². The van der Waals surface area contributed by atoms with E-state index in [2.05, 4.69) is 72.5 Å². The third-order valence-corrected chi connectivity index (χ3v) is 7.64. The minimum atomic E-state index is -0.145. The smallest absolute Gasteiger partial charge is 0.323 e. The van der Waals surface area contributed by atoms with Crippen LogP contribution in [0.5, 0.6) is 0 Å². The van der Waals surface area contributed by atoms with E-state index < -0.39 is 0 Å². The number of carbonyl (C=O) groups excluding carboxylic acids is 1. The summed E-state index contributed by atoms with van der Waals surface area (Å²) >= 11 is 1.73. The number of fused-ring (bicyclic) bond motifs is 1. The Bertz CT molecular complexity index is 1280. The van der Waals surface area contributed by atoms with Crippen LogP contribution in [0.3, 0.4) is 0 Å². The van der Waals surface area contributed by atoms with Crippen molar-refractivity contribution in [2.75, 3.05) is 13.7 Å². The van der Waals surface area contributed by atoms with Gasteiger partial charge in [-0.2, -0.15) is 0 Å². The van der Waals surface area contributed by atoms with E-state index in [1.54, 1.807) is 11.3 Å². The molecule has 168 valence electrons. The summed E-state index contributed by atoms with van der Waals surface area (Å²) in [6.45, 7) is 3.84. The number of rotatable bonds is 5. The molecule has 1 saturated heterocycles. The van der Waals surface area contributed by atoms with Crippen LogP contribution < -0.4 is 0 Å². The van der Waals surface area contributed by atoms with Crippen molar-refractivity contribution < 1.29 is 9.53 Å². The number of piperidine rings is 1. The van der Waals surface area contributed by atoms with Crippen LogP contribution in [0.4, 0.5) is 0 Å². The summed E-state index contributed by atoms with van der Waals surface area (Å²) in [6.07, 6.45) is 3.06. The highest BCUT2D eigenvalue weighted by atomic mass is 32.1. The molecule has 0 unspecified atom stereocenters. The molecule has 4 nitrogen and oxygen atoms in total. The first-order valence-electron chi connectivity index (χ1n) is 11.5. The van der Waals surface area contributed by atoms with Crippen LogP contribution in [0.25, 0.3) is 31.9 Å². The largest absolute Gasteiger partial charge is 0.468 e. The highest BCUT2D eigenvalue weighted by Crippen LogP contribution is 2.36. The normalized spacial score (nSPS) is 16.7. The van der Waals surface area contributed by atoms with Crippen molar-refractivity contribution in [3.05, 3.63) is 77.9 Å². The van der Waals surface area contributed by atoms with Crippen LogP contribution in [-0.4, -0.2) is 35.5 Å². The minimum absolute atomic E-state index is 0.125. The number of hydrogen-bond donors (Lipinski definition) is 0. The molecule has 0 spiro atoms. The van der Waals surface area contributed by atoms with Crippen LogP contribution in [-0.2, 0) is 16.1 Å². The van der Waals surface area contributed by atoms with Gasteiger partial charge in [0, 0.05) is 12.1 Å². The number of thiazole rings is 1. The van der Waals surface area contributed by atoms with E-state index in [4.69, 9.17) is 9.72 Å². The van der Waals surface area contributed by atoms with Crippen molar-refractivity contribution >= 4 is 27.5 Å². The molecular formula is C28H28N2O2S. The van der Waals surface area contributed by atoms with Crippen LogP contribution in [0, 0.1) is 6.92 Å². The van der Waals surface area contributed by atoms with E-state index >= 15 is 0 Å². The molecule has 5 rings (SSSR count). The average Bonchev–Trinajstić information content (AvgIpc) is 3.28. The second kappa shape index (κ2) is 9.46. The standard InChI is InChI=1S/C28H28N2O2S/c1-19-22(21-9-4-3-5-10-21)11-8-12-23(19)27-29-24-17-20(14-15-26(24)33-27)18-30-16-7-6-13-25(30)28(31)32-2/h3-5,8-12,14-15,17,25H,6-7,13,16,18H2,1-2H3/t25-/m0/s1. The van der Waals surface area contributed by atoms with E-state index in [0.717, 1.165) is 42.9 Å². The topological polar surface area (TPSA) is 42.4 Å². The monoisotopic (exact) mass is 456 g/mol. The molecule has 0 radical (unpaired) electrons. The lowest BCUT2D eigenvalue weighted by Gasteiger charge is -2.33. The first-order chi connectivity index (χ1) is 16.1. The van der Waals surface area contributed by atoms with Crippen molar-refractivity contribution in [2.45, 2.75) is 38.8 Å². The number of carbonyl (C=O) groups is 1. The van der Waals surface area contributed by atoms with Gasteiger partial charge in [-0.15, -0.1) is 11.3 Å². The Kier molecular flexibility index (Phi) is 6.25. The summed E-state index contributed by atoms with van der Waals surface area (Å²) in [4.78, 5) is 19.5. The van der Waals surface area contributed by atoms with Gasteiger partial charge < -0.3 is 4.74 Å². The van der Waals surface area contributed by atoms with Gasteiger partial charge >= 0.3 is 5.97 Å². The summed E-state index contributed by atoms with van der Waals surface area (Å²) in [5.41, 5.74) is 7.10. The predicted octanol–water partition coefficient (Wildman–Crippen LogP) is 6.47. The molecule has 0 N–H and O–H groups in total. The second-order valence-electron chi connectivity index (χ2n) is 8.67. The number of likely N-dealkylation sites (tertiary alicyclic amines) is 1. The van der Waals surface area contributed by atoms with Crippen molar-refractivity contribution in [3.63, 3.8) is 0 Å². The number of nitrogens with zero attached hydrogens (tertiary/aromatic N) is 2. The summed E-state index contributed by atoms with van der Waals surface area (Å²) in [7, 11) is 1.48. The van der Waals surface area contributed by atoms with E-state index in [1.165, 1.54) is 39.6 Å². The maximum Gasteiger partial charge on any atom is 0.323 e. The quantitative estimate of drug-likeness (QED) is 0.323. The maximum atomic E-state index is 12.2. The van der Waals surface area contributed by atoms with Gasteiger partial charge in [-0.3, -0.25) is 9.69 Å². The Labute approximate surface area is 198 Å². The zero-order valence-electron chi connectivity index (χ0n) is 19.1. The molecule has 0 aliphatic carbocycles. The number of benzene rings is 3. The van der Waals surface area contributed by atoms with E-state index in [0.29, 0.717) is 0 Å². The third-order valence-electron chi connectivity index (χ3n) is 6.57. The minimum Gasteiger partial charge on any atom is -0.468 e. The fourth-order valence-corrected chi connectivity index (χ4v) is 5.83. The molecule has 1 aliphatic rings. The molecular weight excluding hydrogens is 428 g/mol. The summed E-state index contributed by atoms with van der Waals surface area (Å²) in [6, 6.07) is 23.3. The number of hydrogen-bond acceptors (Lipinski definition) is 5.